The minimum atomic E-state index is -0.828. The quantitative estimate of drug-likeness (QED) is 0.779. The molecule has 0 radical (unpaired) electrons. The van der Waals surface area contributed by atoms with Crippen molar-refractivity contribution < 1.29 is 14.3 Å². The van der Waals surface area contributed by atoms with E-state index in [1.54, 1.807) is 13.4 Å². The van der Waals surface area contributed by atoms with Gasteiger partial charge in [0.2, 0.25) is 0 Å². The van der Waals surface area contributed by atoms with Crippen LogP contribution in [-0.2, 0) is 14.3 Å². The maximum absolute atomic E-state index is 11.9. The first-order valence-electron chi connectivity index (χ1n) is 6.71. The van der Waals surface area contributed by atoms with Crippen molar-refractivity contribution >= 4 is 5.97 Å². The van der Waals surface area contributed by atoms with Gasteiger partial charge in [0.15, 0.2) is 5.60 Å². The molecule has 2 rings (SSSR count). The number of rotatable bonds is 3. The summed E-state index contributed by atoms with van der Waals surface area (Å²) in [4.78, 5) is 26.9. The monoisotopic (exact) mass is 280 g/mol. The molecule has 0 amide bonds. The van der Waals surface area contributed by atoms with Gasteiger partial charge in [-0.05, 0) is 32.6 Å². The predicted molar refractivity (Wildman–Crippen MR) is 72.5 cm³/mol. The van der Waals surface area contributed by atoms with Gasteiger partial charge in [0.05, 0.1) is 13.4 Å². The van der Waals surface area contributed by atoms with Crippen LogP contribution in [0, 0.1) is 6.92 Å². The minimum absolute atomic E-state index is 0.227. The Morgan fingerprint density at radius 3 is 2.55 bits per heavy atom. The van der Waals surface area contributed by atoms with Crippen LogP contribution in [0.4, 0.5) is 0 Å². The highest BCUT2D eigenvalue weighted by atomic mass is 16.6. The van der Waals surface area contributed by atoms with E-state index in [0.29, 0.717) is 12.8 Å². The molecule has 0 atom stereocenters. The molecule has 6 heteroatoms. The second-order valence-electron chi connectivity index (χ2n) is 5.20. The summed E-state index contributed by atoms with van der Waals surface area (Å²) >= 11 is 0. The van der Waals surface area contributed by atoms with Gasteiger partial charge in [0, 0.05) is 24.9 Å². The first-order chi connectivity index (χ1) is 9.52. The summed E-state index contributed by atoms with van der Waals surface area (Å²) in [5, 5.41) is 0. The van der Waals surface area contributed by atoms with E-state index in [-0.39, 0.29) is 17.6 Å². The van der Waals surface area contributed by atoms with Gasteiger partial charge in [-0.1, -0.05) is 0 Å². The average Bonchev–Trinajstić information content (AvgIpc) is 2.47. The van der Waals surface area contributed by atoms with Crippen LogP contribution < -0.4 is 5.56 Å². The van der Waals surface area contributed by atoms with Gasteiger partial charge in [0.1, 0.15) is 0 Å². The average molecular weight is 280 g/mol. The summed E-state index contributed by atoms with van der Waals surface area (Å²) in [6.45, 7) is 1.89. The maximum Gasteiger partial charge on any atom is 0.338 e. The Labute approximate surface area is 117 Å². The lowest BCUT2D eigenvalue weighted by Crippen LogP contribution is -2.45. The topological polar surface area (TPSA) is 70.4 Å². The number of aromatic nitrogens is 2. The molecular weight excluding hydrogens is 260 g/mol. The Morgan fingerprint density at radius 2 is 2.05 bits per heavy atom. The van der Waals surface area contributed by atoms with E-state index in [1.807, 2.05) is 11.5 Å². The van der Waals surface area contributed by atoms with Crippen molar-refractivity contribution in [3.63, 3.8) is 0 Å². The number of aryl methyl sites for hydroxylation is 1. The number of methoxy groups -OCH3 is 2. The van der Waals surface area contributed by atoms with Crippen LogP contribution in [0.3, 0.4) is 0 Å². The van der Waals surface area contributed by atoms with Crippen molar-refractivity contribution in [2.24, 2.45) is 0 Å². The van der Waals surface area contributed by atoms with Crippen LogP contribution in [0.5, 0.6) is 0 Å². The van der Waals surface area contributed by atoms with Gasteiger partial charge in [-0.2, -0.15) is 4.98 Å². The van der Waals surface area contributed by atoms with Crippen LogP contribution in [-0.4, -0.2) is 35.3 Å². The molecule has 0 N–H and O–H groups in total. The van der Waals surface area contributed by atoms with Crippen LogP contribution >= 0.6 is 0 Å². The van der Waals surface area contributed by atoms with Gasteiger partial charge in [0.25, 0.3) is 5.56 Å². The zero-order valence-corrected chi connectivity index (χ0v) is 12.1. The van der Waals surface area contributed by atoms with Crippen LogP contribution in [0.2, 0.25) is 0 Å². The molecule has 6 nitrogen and oxygen atoms in total. The van der Waals surface area contributed by atoms with Gasteiger partial charge in [-0.25, -0.2) is 4.79 Å². The summed E-state index contributed by atoms with van der Waals surface area (Å²) in [7, 11) is 2.93. The molecule has 1 aromatic heterocycles. The second kappa shape index (κ2) is 5.75. The van der Waals surface area contributed by atoms with Crippen molar-refractivity contribution in [3.05, 3.63) is 28.4 Å². The lowest BCUT2D eigenvalue weighted by molar-refractivity contribution is -0.171. The lowest BCUT2D eigenvalue weighted by Gasteiger charge is -2.37. The molecule has 20 heavy (non-hydrogen) atoms. The zero-order valence-electron chi connectivity index (χ0n) is 12.1. The maximum atomic E-state index is 11.9. The largest absolute Gasteiger partial charge is 0.467 e. The Balaban J connectivity index is 2.14. The summed E-state index contributed by atoms with van der Waals surface area (Å²) < 4.78 is 12.3. The van der Waals surface area contributed by atoms with Gasteiger partial charge in [-0.3, -0.25) is 4.79 Å². The molecule has 0 aliphatic heterocycles. The third kappa shape index (κ3) is 2.60. The van der Waals surface area contributed by atoms with Crippen molar-refractivity contribution in [2.45, 2.75) is 44.2 Å². The highest BCUT2D eigenvalue weighted by Crippen LogP contribution is 2.38. The van der Waals surface area contributed by atoms with E-state index in [0.717, 1.165) is 18.5 Å². The number of carbonyl (C=O) groups is 1. The molecule has 0 spiro atoms. The zero-order chi connectivity index (χ0) is 14.8. The summed E-state index contributed by atoms with van der Waals surface area (Å²) in [5.74, 6) is -0.312. The fraction of sp³-hybridized carbons (Fsp3) is 0.643. The van der Waals surface area contributed by atoms with E-state index >= 15 is 0 Å². The fourth-order valence-corrected chi connectivity index (χ4v) is 2.91. The molecule has 1 aromatic rings. The van der Waals surface area contributed by atoms with Crippen molar-refractivity contribution in [1.82, 2.24) is 9.55 Å². The van der Waals surface area contributed by atoms with Crippen LogP contribution in [0.1, 0.15) is 37.4 Å². The molecule has 1 aliphatic rings. The smallest absolute Gasteiger partial charge is 0.338 e. The highest BCUT2D eigenvalue weighted by molar-refractivity contribution is 5.79. The lowest BCUT2D eigenvalue weighted by atomic mass is 9.81. The molecule has 1 aliphatic carbocycles. The van der Waals surface area contributed by atoms with Crippen LogP contribution in [0.15, 0.2) is 17.2 Å². The Kier molecular flexibility index (Phi) is 4.23. The molecule has 1 heterocycles. The van der Waals surface area contributed by atoms with E-state index in [4.69, 9.17) is 9.47 Å². The van der Waals surface area contributed by atoms with E-state index < -0.39 is 5.60 Å². The number of hydrogen-bond acceptors (Lipinski definition) is 5. The molecule has 0 bridgehead atoms. The van der Waals surface area contributed by atoms with Gasteiger partial charge < -0.3 is 14.0 Å². The Morgan fingerprint density at radius 1 is 1.40 bits per heavy atom. The fourth-order valence-electron chi connectivity index (χ4n) is 2.91. The normalized spacial score (nSPS) is 26.2. The first-order valence-corrected chi connectivity index (χ1v) is 6.71. The SMILES string of the molecule is COC(=O)C1(OC)CCC(n2cnc(=O)cc2C)CC1. The third-order valence-corrected chi connectivity index (χ3v) is 4.15. The highest BCUT2D eigenvalue weighted by Gasteiger charge is 2.43. The molecule has 1 saturated carbocycles. The van der Waals surface area contributed by atoms with E-state index in [1.165, 1.54) is 13.2 Å². The summed E-state index contributed by atoms with van der Waals surface area (Å²) in [6, 6.07) is 1.76. The number of carbonyl (C=O) groups excluding carboxylic acids is 1. The number of ether oxygens (including phenoxy) is 2. The first kappa shape index (κ1) is 14.7. The van der Waals surface area contributed by atoms with Crippen LogP contribution in [0.25, 0.3) is 0 Å². The van der Waals surface area contributed by atoms with Gasteiger partial charge >= 0.3 is 5.97 Å². The third-order valence-electron chi connectivity index (χ3n) is 4.15. The standard InChI is InChI=1S/C14H20N2O4/c1-10-8-12(17)15-9-16(10)11-4-6-14(20-3,7-5-11)13(18)19-2/h8-9,11H,4-7H2,1-3H3. The molecular formula is C14H20N2O4. The molecule has 0 unspecified atom stereocenters. The molecule has 110 valence electrons. The second-order valence-corrected chi connectivity index (χ2v) is 5.20. The summed E-state index contributed by atoms with van der Waals surface area (Å²) in [6.07, 6.45) is 4.36. The Hall–Kier alpha value is -1.69. The van der Waals surface area contributed by atoms with Gasteiger partial charge in [-0.15, -0.1) is 0 Å². The molecule has 0 aromatic carbocycles. The predicted octanol–water partition coefficient (Wildman–Crippen LogP) is 1.23. The van der Waals surface area contributed by atoms with Crippen molar-refractivity contribution in [2.75, 3.05) is 14.2 Å². The Bertz CT molecular complexity index is 544. The van der Waals surface area contributed by atoms with Crippen molar-refractivity contribution in [1.29, 1.82) is 0 Å². The minimum Gasteiger partial charge on any atom is -0.467 e. The van der Waals surface area contributed by atoms with E-state index in [9.17, 15) is 9.59 Å². The number of nitrogens with zero attached hydrogens (tertiary/aromatic N) is 2. The number of esters is 1. The summed E-state index contributed by atoms with van der Waals surface area (Å²) in [5.41, 5.74) is -0.167. The molecule has 1 fully saturated rings. The number of hydrogen-bond donors (Lipinski definition) is 0. The molecule has 0 saturated heterocycles. The van der Waals surface area contributed by atoms with E-state index in [2.05, 4.69) is 4.98 Å². The van der Waals surface area contributed by atoms with Crippen molar-refractivity contribution in [3.8, 4) is 0 Å².